The van der Waals surface area contributed by atoms with Crippen molar-refractivity contribution < 1.29 is 14.1 Å². The van der Waals surface area contributed by atoms with Crippen LogP contribution in [0.3, 0.4) is 0 Å². The van der Waals surface area contributed by atoms with Gasteiger partial charge in [-0.15, -0.1) is 0 Å². The van der Waals surface area contributed by atoms with Gasteiger partial charge in [-0.05, 0) is 18.6 Å². The molecule has 1 amide bonds. The van der Waals surface area contributed by atoms with Crippen LogP contribution in [0.15, 0.2) is 24.3 Å². The molecule has 17 heavy (non-hydrogen) atoms. The van der Waals surface area contributed by atoms with E-state index in [2.05, 4.69) is 0 Å². The number of anilines is 1. The van der Waals surface area contributed by atoms with E-state index in [1.807, 2.05) is 0 Å². The highest BCUT2D eigenvalue weighted by Crippen LogP contribution is 2.28. The largest absolute Gasteiger partial charge is 0.307 e. The number of alkyl halides is 1. The van der Waals surface area contributed by atoms with Crippen LogP contribution >= 0.6 is 0 Å². The molecule has 0 unspecified atom stereocenters. The molecule has 1 fully saturated rings. The minimum atomic E-state index is -0.595. The fourth-order valence-electron chi connectivity index (χ4n) is 1.98. The van der Waals surface area contributed by atoms with Crippen molar-refractivity contribution in [3.8, 4) is 0 Å². The van der Waals surface area contributed by atoms with Crippen molar-refractivity contribution >= 4 is 17.3 Å². The van der Waals surface area contributed by atoms with E-state index in [1.54, 1.807) is 0 Å². The summed E-state index contributed by atoms with van der Waals surface area (Å²) in [5, 5.41) is 10.5. The Kier molecular flexibility index (Phi) is 3.03. The van der Waals surface area contributed by atoms with Gasteiger partial charge < -0.3 is 4.90 Å². The lowest BCUT2D eigenvalue weighted by molar-refractivity contribution is -0.384. The molecule has 1 saturated heterocycles. The lowest BCUT2D eigenvalue weighted by Gasteiger charge is -2.22. The number of halogens is 1. The predicted octanol–water partition coefficient (Wildman–Crippen LogP) is 2.06. The topological polar surface area (TPSA) is 63.5 Å². The summed E-state index contributed by atoms with van der Waals surface area (Å²) in [6.45, 7) is -0.595. The Bertz CT molecular complexity index is 447. The standard InChI is InChI=1S/C11H11FN2O3/c12-7-10-5-6-11(15)13(10)8-1-3-9(4-2-8)14(16)17/h1-4,10H,5-7H2/t10-/m0/s1. The number of nitro benzene ring substituents is 1. The molecular formula is C11H11FN2O3. The summed E-state index contributed by atoms with van der Waals surface area (Å²) < 4.78 is 12.7. The molecule has 1 aromatic rings. The van der Waals surface area contributed by atoms with Crippen LogP contribution in [0.4, 0.5) is 15.8 Å². The van der Waals surface area contributed by atoms with Gasteiger partial charge in [-0.25, -0.2) is 4.39 Å². The van der Waals surface area contributed by atoms with Gasteiger partial charge >= 0.3 is 0 Å². The summed E-state index contributed by atoms with van der Waals surface area (Å²) in [6.07, 6.45) is 0.817. The number of non-ortho nitro benzene ring substituents is 1. The SMILES string of the molecule is O=C1CC[C@@H](CF)N1c1ccc([N+](=O)[O-])cc1. The van der Waals surface area contributed by atoms with E-state index in [4.69, 9.17) is 0 Å². The maximum Gasteiger partial charge on any atom is 0.269 e. The highest BCUT2D eigenvalue weighted by atomic mass is 19.1. The summed E-state index contributed by atoms with van der Waals surface area (Å²) in [5.74, 6) is -0.137. The van der Waals surface area contributed by atoms with Crippen LogP contribution in [-0.4, -0.2) is 23.5 Å². The average molecular weight is 238 g/mol. The van der Waals surface area contributed by atoms with Crippen molar-refractivity contribution in [2.45, 2.75) is 18.9 Å². The van der Waals surface area contributed by atoms with Gasteiger partial charge in [0.25, 0.3) is 5.69 Å². The van der Waals surface area contributed by atoms with Crippen LogP contribution in [0.2, 0.25) is 0 Å². The third kappa shape index (κ3) is 2.11. The molecule has 0 saturated carbocycles. The fourth-order valence-corrected chi connectivity index (χ4v) is 1.98. The fraction of sp³-hybridized carbons (Fsp3) is 0.364. The predicted molar refractivity (Wildman–Crippen MR) is 59.6 cm³/mol. The van der Waals surface area contributed by atoms with Crippen LogP contribution in [-0.2, 0) is 4.79 Å². The quantitative estimate of drug-likeness (QED) is 0.598. The number of nitro groups is 1. The third-order valence-corrected chi connectivity index (χ3v) is 2.84. The molecular weight excluding hydrogens is 227 g/mol. The van der Waals surface area contributed by atoms with E-state index in [1.165, 1.54) is 29.2 Å². The number of hydrogen-bond acceptors (Lipinski definition) is 3. The summed E-state index contributed by atoms with van der Waals surface area (Å²) in [7, 11) is 0. The van der Waals surface area contributed by atoms with E-state index in [0.717, 1.165) is 0 Å². The normalized spacial score (nSPS) is 19.7. The van der Waals surface area contributed by atoms with Gasteiger partial charge in [-0.1, -0.05) is 0 Å². The molecule has 2 rings (SSSR count). The zero-order valence-electron chi connectivity index (χ0n) is 9.01. The number of amides is 1. The number of rotatable bonds is 3. The molecule has 90 valence electrons. The first-order valence-corrected chi connectivity index (χ1v) is 5.26. The zero-order valence-corrected chi connectivity index (χ0v) is 9.01. The molecule has 0 spiro atoms. The maximum absolute atomic E-state index is 12.7. The van der Waals surface area contributed by atoms with Crippen LogP contribution in [0.25, 0.3) is 0 Å². The number of benzene rings is 1. The second kappa shape index (κ2) is 4.48. The molecule has 1 heterocycles. The Labute approximate surface area is 97.0 Å². The minimum absolute atomic E-state index is 0.0443. The second-order valence-electron chi connectivity index (χ2n) is 3.88. The summed E-state index contributed by atoms with van der Waals surface area (Å²) in [4.78, 5) is 22.9. The average Bonchev–Trinajstić information content (AvgIpc) is 2.70. The lowest BCUT2D eigenvalue weighted by Crippen LogP contribution is -2.34. The molecule has 5 nitrogen and oxygen atoms in total. The Morgan fingerprint density at radius 1 is 1.41 bits per heavy atom. The zero-order chi connectivity index (χ0) is 12.4. The van der Waals surface area contributed by atoms with Gasteiger partial charge in [-0.3, -0.25) is 14.9 Å². The van der Waals surface area contributed by atoms with E-state index < -0.39 is 17.6 Å². The highest BCUT2D eigenvalue weighted by Gasteiger charge is 2.32. The molecule has 1 aliphatic heterocycles. The Hall–Kier alpha value is -1.98. The van der Waals surface area contributed by atoms with Gasteiger partial charge in [0, 0.05) is 24.2 Å². The summed E-state index contributed by atoms with van der Waals surface area (Å²) in [6, 6.07) is 5.14. The van der Waals surface area contributed by atoms with Crippen LogP contribution in [0.5, 0.6) is 0 Å². The molecule has 1 aliphatic rings. The van der Waals surface area contributed by atoms with Crippen molar-refractivity contribution in [2.24, 2.45) is 0 Å². The molecule has 0 N–H and O–H groups in total. The number of carbonyl (C=O) groups is 1. The van der Waals surface area contributed by atoms with Crippen molar-refractivity contribution in [2.75, 3.05) is 11.6 Å². The molecule has 0 radical (unpaired) electrons. The smallest absolute Gasteiger partial charge is 0.269 e. The Balaban J connectivity index is 2.27. The lowest BCUT2D eigenvalue weighted by atomic mass is 10.2. The first-order chi connectivity index (χ1) is 8.13. The number of carbonyl (C=O) groups excluding carboxylic acids is 1. The molecule has 0 aromatic heterocycles. The van der Waals surface area contributed by atoms with Crippen molar-refractivity contribution in [3.05, 3.63) is 34.4 Å². The van der Waals surface area contributed by atoms with Gasteiger partial charge in [0.05, 0.1) is 11.0 Å². The number of nitrogens with zero attached hydrogens (tertiary/aromatic N) is 2. The Morgan fingerprint density at radius 3 is 2.59 bits per heavy atom. The molecule has 0 aliphatic carbocycles. The van der Waals surface area contributed by atoms with Gasteiger partial charge in [0.2, 0.25) is 5.91 Å². The summed E-state index contributed by atoms with van der Waals surface area (Å²) >= 11 is 0. The second-order valence-corrected chi connectivity index (χ2v) is 3.88. The summed E-state index contributed by atoms with van der Waals surface area (Å²) in [5.41, 5.74) is 0.470. The third-order valence-electron chi connectivity index (χ3n) is 2.84. The monoisotopic (exact) mass is 238 g/mol. The van der Waals surface area contributed by atoms with Crippen LogP contribution in [0.1, 0.15) is 12.8 Å². The minimum Gasteiger partial charge on any atom is -0.307 e. The van der Waals surface area contributed by atoms with Gasteiger partial charge in [0.15, 0.2) is 0 Å². The van der Waals surface area contributed by atoms with Crippen molar-refractivity contribution in [1.29, 1.82) is 0 Å². The highest BCUT2D eigenvalue weighted by molar-refractivity contribution is 5.96. The first-order valence-electron chi connectivity index (χ1n) is 5.26. The van der Waals surface area contributed by atoms with E-state index in [0.29, 0.717) is 18.5 Å². The molecule has 1 atom stereocenters. The van der Waals surface area contributed by atoms with E-state index in [9.17, 15) is 19.3 Å². The van der Waals surface area contributed by atoms with Crippen molar-refractivity contribution in [3.63, 3.8) is 0 Å². The molecule has 6 heteroatoms. The van der Waals surface area contributed by atoms with E-state index >= 15 is 0 Å². The van der Waals surface area contributed by atoms with Gasteiger partial charge in [-0.2, -0.15) is 0 Å². The molecule has 1 aromatic carbocycles. The Morgan fingerprint density at radius 2 is 2.06 bits per heavy atom. The van der Waals surface area contributed by atoms with E-state index in [-0.39, 0.29) is 11.6 Å². The first kappa shape index (κ1) is 11.5. The van der Waals surface area contributed by atoms with Crippen LogP contribution in [0, 0.1) is 10.1 Å². The van der Waals surface area contributed by atoms with Crippen LogP contribution < -0.4 is 4.90 Å². The molecule has 0 bridgehead atoms. The number of hydrogen-bond donors (Lipinski definition) is 0. The van der Waals surface area contributed by atoms with Gasteiger partial charge in [0.1, 0.15) is 6.67 Å². The maximum atomic E-state index is 12.7. The van der Waals surface area contributed by atoms with Crippen molar-refractivity contribution in [1.82, 2.24) is 0 Å².